The number of ether oxygens (including phenoxy) is 1. The van der Waals surface area contributed by atoms with Crippen LogP contribution >= 0.6 is 15.9 Å². The first kappa shape index (κ1) is 16.0. The van der Waals surface area contributed by atoms with E-state index in [2.05, 4.69) is 21.2 Å². The lowest BCUT2D eigenvalue weighted by Crippen LogP contribution is -2.17. The molecule has 0 aliphatic carbocycles. The smallest absolute Gasteiger partial charge is 0.408 e. The van der Waals surface area contributed by atoms with Gasteiger partial charge in [0.05, 0.1) is 11.3 Å². The molecule has 0 aliphatic heterocycles. The third kappa shape index (κ3) is 3.62. The van der Waals surface area contributed by atoms with Gasteiger partial charge in [0.15, 0.2) is 12.0 Å². The van der Waals surface area contributed by atoms with Crippen molar-refractivity contribution in [1.82, 2.24) is 0 Å². The molecule has 114 valence electrons. The summed E-state index contributed by atoms with van der Waals surface area (Å²) in [5.74, 6) is -0.367. The van der Waals surface area contributed by atoms with Crippen LogP contribution in [0.2, 0.25) is 0 Å². The van der Waals surface area contributed by atoms with Crippen molar-refractivity contribution >= 4 is 34.0 Å². The maximum Gasteiger partial charge on any atom is 0.410 e. The van der Waals surface area contributed by atoms with Gasteiger partial charge in [0.1, 0.15) is 5.82 Å². The summed E-state index contributed by atoms with van der Waals surface area (Å²) in [6, 6.07) is 9.77. The second kappa shape index (κ2) is 7.04. The van der Waals surface area contributed by atoms with E-state index in [4.69, 9.17) is 10.5 Å². The van der Waals surface area contributed by atoms with Gasteiger partial charge in [-0.1, -0.05) is 18.2 Å². The molecule has 2 rings (SSSR count). The summed E-state index contributed by atoms with van der Waals surface area (Å²) < 4.78 is 19.4. The average molecular weight is 367 g/mol. The van der Waals surface area contributed by atoms with E-state index in [1.807, 2.05) is 0 Å². The molecule has 0 saturated heterocycles. The van der Waals surface area contributed by atoms with Crippen molar-refractivity contribution in [2.24, 2.45) is 5.73 Å². The number of nitrogens with two attached hydrogens (primary N) is 1. The van der Waals surface area contributed by atoms with Gasteiger partial charge in [0.2, 0.25) is 0 Å². The third-order valence-electron chi connectivity index (χ3n) is 2.89. The standard InChI is InChI=1S/C15H12BrFN2O3/c16-11-6-5-9(14(17)10(11)8-20)7-19-12-3-1-2-4-13(12)22-15(18)21/h1-6,8,19H,7H2,(H2,18,21). The van der Waals surface area contributed by atoms with Crippen LogP contribution in [-0.2, 0) is 6.54 Å². The number of carbonyl (C=O) groups excluding carboxylic acids is 2. The minimum Gasteiger partial charge on any atom is -0.408 e. The summed E-state index contributed by atoms with van der Waals surface area (Å²) >= 11 is 3.11. The number of hydrogen-bond donors (Lipinski definition) is 2. The Morgan fingerprint density at radius 1 is 1.32 bits per heavy atom. The monoisotopic (exact) mass is 366 g/mol. The predicted octanol–water partition coefficient (Wildman–Crippen LogP) is 3.47. The second-order valence-electron chi connectivity index (χ2n) is 4.32. The number of hydrogen-bond acceptors (Lipinski definition) is 4. The lowest BCUT2D eigenvalue weighted by Gasteiger charge is -2.12. The number of primary amides is 1. The summed E-state index contributed by atoms with van der Waals surface area (Å²) in [6.45, 7) is 0.110. The summed E-state index contributed by atoms with van der Waals surface area (Å²) in [4.78, 5) is 21.7. The van der Waals surface area contributed by atoms with Crippen molar-refractivity contribution in [1.29, 1.82) is 0 Å². The quantitative estimate of drug-likeness (QED) is 0.793. The summed E-state index contributed by atoms with van der Waals surface area (Å²) in [5, 5.41) is 2.94. The Hall–Kier alpha value is -2.41. The second-order valence-corrected chi connectivity index (χ2v) is 5.18. The number of nitrogens with one attached hydrogen (secondary N) is 1. The maximum absolute atomic E-state index is 14.1. The van der Waals surface area contributed by atoms with E-state index in [9.17, 15) is 14.0 Å². The molecule has 0 aromatic heterocycles. The van der Waals surface area contributed by atoms with E-state index in [0.717, 1.165) is 0 Å². The topological polar surface area (TPSA) is 81.4 Å². The Kier molecular flexibility index (Phi) is 5.11. The minimum atomic E-state index is -0.938. The SMILES string of the molecule is NC(=O)Oc1ccccc1NCc1ccc(Br)c(C=O)c1F. The molecule has 0 unspecified atom stereocenters. The van der Waals surface area contributed by atoms with E-state index in [1.165, 1.54) is 0 Å². The molecule has 0 radical (unpaired) electrons. The van der Waals surface area contributed by atoms with E-state index in [0.29, 0.717) is 22.0 Å². The molecule has 0 aliphatic rings. The molecule has 0 saturated carbocycles. The molecule has 0 atom stereocenters. The van der Waals surface area contributed by atoms with Gasteiger partial charge < -0.3 is 15.8 Å². The van der Waals surface area contributed by atoms with Gasteiger partial charge in [-0.05, 0) is 34.1 Å². The number of halogens is 2. The normalized spacial score (nSPS) is 10.1. The minimum absolute atomic E-state index is 0.0408. The van der Waals surface area contributed by atoms with Crippen LogP contribution < -0.4 is 15.8 Å². The Labute approximate surface area is 134 Å². The lowest BCUT2D eigenvalue weighted by atomic mass is 10.1. The summed E-state index contributed by atoms with van der Waals surface area (Å²) in [5.41, 5.74) is 5.73. The molecule has 0 spiro atoms. The fourth-order valence-corrected chi connectivity index (χ4v) is 2.26. The maximum atomic E-state index is 14.1. The molecule has 7 heteroatoms. The number of aldehydes is 1. The Bertz CT molecular complexity index is 722. The summed E-state index contributed by atoms with van der Waals surface area (Å²) in [7, 11) is 0. The van der Waals surface area contributed by atoms with Crippen LogP contribution in [0.25, 0.3) is 0 Å². The van der Waals surface area contributed by atoms with Gasteiger partial charge in [-0.25, -0.2) is 9.18 Å². The first-order chi connectivity index (χ1) is 10.5. The third-order valence-corrected chi connectivity index (χ3v) is 3.58. The molecule has 0 bridgehead atoms. The number of carbonyl (C=O) groups is 2. The number of amides is 1. The van der Waals surface area contributed by atoms with Crippen molar-refractivity contribution < 1.29 is 18.7 Å². The van der Waals surface area contributed by atoms with Gasteiger partial charge in [-0.3, -0.25) is 4.79 Å². The molecule has 0 fully saturated rings. The van der Waals surface area contributed by atoms with Gasteiger partial charge >= 0.3 is 6.09 Å². The van der Waals surface area contributed by atoms with Crippen molar-refractivity contribution in [2.45, 2.75) is 6.54 Å². The molecule has 1 amide bonds. The van der Waals surface area contributed by atoms with Crippen LogP contribution in [0, 0.1) is 5.82 Å². The molecule has 0 heterocycles. The molecule has 2 aromatic rings. The highest BCUT2D eigenvalue weighted by molar-refractivity contribution is 9.10. The summed E-state index contributed by atoms with van der Waals surface area (Å²) in [6.07, 6.45) is -0.486. The van der Waals surface area contributed by atoms with Crippen LogP contribution in [0.15, 0.2) is 40.9 Å². The average Bonchev–Trinajstić information content (AvgIpc) is 2.48. The van der Waals surface area contributed by atoms with Crippen molar-refractivity contribution in [3.63, 3.8) is 0 Å². The molecule has 3 N–H and O–H groups in total. The highest BCUT2D eigenvalue weighted by Crippen LogP contribution is 2.26. The number of para-hydroxylation sites is 2. The van der Waals surface area contributed by atoms with Crippen LogP contribution in [0.5, 0.6) is 5.75 Å². The zero-order chi connectivity index (χ0) is 16.1. The highest BCUT2D eigenvalue weighted by Gasteiger charge is 2.12. The fraction of sp³-hybridized carbons (Fsp3) is 0.0667. The number of anilines is 1. The van der Waals surface area contributed by atoms with E-state index in [-0.39, 0.29) is 17.9 Å². The fourth-order valence-electron chi connectivity index (χ4n) is 1.86. The van der Waals surface area contributed by atoms with Crippen LogP contribution in [0.4, 0.5) is 14.9 Å². The Balaban J connectivity index is 2.21. The Morgan fingerprint density at radius 3 is 2.73 bits per heavy atom. The van der Waals surface area contributed by atoms with Gasteiger partial charge in [0, 0.05) is 16.6 Å². The predicted molar refractivity (Wildman–Crippen MR) is 83.5 cm³/mol. The number of rotatable bonds is 5. The number of benzene rings is 2. The van der Waals surface area contributed by atoms with Gasteiger partial charge in [-0.2, -0.15) is 0 Å². The zero-order valence-electron chi connectivity index (χ0n) is 11.3. The first-order valence-corrected chi connectivity index (χ1v) is 7.04. The van der Waals surface area contributed by atoms with Crippen molar-refractivity contribution in [3.05, 3.63) is 57.8 Å². The largest absolute Gasteiger partial charge is 0.410 e. The van der Waals surface area contributed by atoms with Gasteiger partial charge in [-0.15, -0.1) is 0 Å². The molecule has 22 heavy (non-hydrogen) atoms. The first-order valence-electron chi connectivity index (χ1n) is 6.25. The highest BCUT2D eigenvalue weighted by atomic mass is 79.9. The van der Waals surface area contributed by atoms with Crippen molar-refractivity contribution in [2.75, 3.05) is 5.32 Å². The van der Waals surface area contributed by atoms with Crippen LogP contribution in [0.1, 0.15) is 15.9 Å². The van der Waals surface area contributed by atoms with Crippen LogP contribution in [-0.4, -0.2) is 12.4 Å². The Morgan fingerprint density at radius 2 is 2.05 bits per heavy atom. The van der Waals surface area contributed by atoms with Crippen LogP contribution in [0.3, 0.4) is 0 Å². The van der Waals surface area contributed by atoms with Crippen molar-refractivity contribution in [3.8, 4) is 5.75 Å². The zero-order valence-corrected chi connectivity index (χ0v) is 12.9. The molecular formula is C15H12BrFN2O3. The molecular weight excluding hydrogens is 355 g/mol. The molecule has 5 nitrogen and oxygen atoms in total. The molecule has 2 aromatic carbocycles. The van der Waals surface area contributed by atoms with E-state index < -0.39 is 11.9 Å². The van der Waals surface area contributed by atoms with Gasteiger partial charge in [0.25, 0.3) is 0 Å². The van der Waals surface area contributed by atoms with E-state index >= 15 is 0 Å². The lowest BCUT2D eigenvalue weighted by molar-refractivity contribution is 0.111. The van der Waals surface area contributed by atoms with E-state index in [1.54, 1.807) is 36.4 Å².